The summed E-state index contributed by atoms with van der Waals surface area (Å²) in [4.78, 5) is 12.6. The minimum atomic E-state index is -1.53. The molecule has 0 radical (unpaired) electrons. The average molecular weight is 645 g/mol. The highest BCUT2D eigenvalue weighted by molar-refractivity contribution is 5.69. The predicted octanol–water partition coefficient (Wildman–Crippen LogP) is 6.52. The van der Waals surface area contributed by atoms with Crippen LogP contribution >= 0.6 is 0 Å². The Morgan fingerprint density at radius 2 is 1.27 bits per heavy atom. The second-order valence-electron chi connectivity index (χ2n) is 12.7. The van der Waals surface area contributed by atoms with E-state index in [0.717, 1.165) is 51.4 Å². The molecule has 0 aliphatic carbocycles. The topological polar surface area (TPSA) is 135 Å². The van der Waals surface area contributed by atoms with Gasteiger partial charge < -0.3 is 39.4 Å². The van der Waals surface area contributed by atoms with Crippen LogP contribution in [0.3, 0.4) is 0 Å². The lowest BCUT2D eigenvalue weighted by Crippen LogP contribution is -2.59. The van der Waals surface area contributed by atoms with Crippen molar-refractivity contribution in [3.63, 3.8) is 0 Å². The van der Waals surface area contributed by atoms with Crippen LogP contribution in [0, 0.1) is 0 Å². The van der Waals surface area contributed by atoms with Crippen LogP contribution in [-0.4, -0.2) is 89.6 Å². The number of unbranched alkanes of at least 4 members (excludes halogenated alkanes) is 17. The van der Waals surface area contributed by atoms with Crippen LogP contribution in [0.25, 0.3) is 0 Å². The van der Waals surface area contributed by atoms with Crippen molar-refractivity contribution in [1.29, 1.82) is 0 Å². The first-order chi connectivity index (χ1) is 21.9. The fraction of sp³-hybridized carbons (Fsp3) is 0.917. The molecule has 0 amide bonds. The molecule has 1 heterocycles. The zero-order valence-electron chi connectivity index (χ0n) is 28.6. The molecule has 266 valence electrons. The highest BCUT2D eigenvalue weighted by Crippen LogP contribution is 2.22. The van der Waals surface area contributed by atoms with Crippen LogP contribution < -0.4 is 0 Å². The van der Waals surface area contributed by atoms with Crippen molar-refractivity contribution in [1.82, 2.24) is 0 Å². The van der Waals surface area contributed by atoms with Crippen LogP contribution in [0.1, 0.15) is 149 Å². The summed E-state index contributed by atoms with van der Waals surface area (Å²) in [5, 5.41) is 39.8. The first kappa shape index (κ1) is 42.0. The van der Waals surface area contributed by atoms with Crippen molar-refractivity contribution in [3.05, 3.63) is 12.2 Å². The number of hydrogen-bond acceptors (Lipinski definition) is 9. The van der Waals surface area contributed by atoms with E-state index in [1.807, 2.05) is 0 Å². The van der Waals surface area contributed by atoms with Gasteiger partial charge in [0.2, 0.25) is 0 Å². The van der Waals surface area contributed by atoms with Crippen LogP contribution in [0.15, 0.2) is 12.2 Å². The first-order valence-electron chi connectivity index (χ1n) is 18.3. The van der Waals surface area contributed by atoms with Gasteiger partial charge >= 0.3 is 5.97 Å². The molecule has 1 fully saturated rings. The standard InChI is InChI=1S/C36H68O9/c1-3-5-7-9-11-13-15-16-18-20-22-24-26-42-28-30(29-43-36-35(41)34(40)33(39)31(27-37)45-36)44-32(38)25-23-21-19-17-14-12-10-8-6-4-2/h8,10,30-31,33-37,39-41H,3-7,9,11-29H2,1-2H3/b10-8-. The fourth-order valence-electron chi connectivity index (χ4n) is 5.49. The fourth-order valence-corrected chi connectivity index (χ4v) is 5.49. The number of rotatable bonds is 30. The Labute approximate surface area is 274 Å². The third-order valence-electron chi connectivity index (χ3n) is 8.41. The van der Waals surface area contributed by atoms with Gasteiger partial charge in [-0.2, -0.15) is 0 Å². The molecule has 9 nitrogen and oxygen atoms in total. The number of allylic oxidation sites excluding steroid dienone is 2. The molecule has 45 heavy (non-hydrogen) atoms. The third-order valence-corrected chi connectivity index (χ3v) is 8.41. The van der Waals surface area contributed by atoms with Crippen molar-refractivity contribution in [2.24, 2.45) is 0 Å². The van der Waals surface area contributed by atoms with Crippen LogP contribution in [0.5, 0.6) is 0 Å². The second kappa shape index (κ2) is 29.1. The Kier molecular flexibility index (Phi) is 27.1. The number of esters is 1. The van der Waals surface area contributed by atoms with Crippen LogP contribution in [0.2, 0.25) is 0 Å². The lowest BCUT2D eigenvalue weighted by molar-refractivity contribution is -0.305. The Balaban J connectivity index is 2.35. The summed E-state index contributed by atoms with van der Waals surface area (Å²) in [6.07, 6.45) is 21.0. The van der Waals surface area contributed by atoms with Crippen molar-refractivity contribution in [3.8, 4) is 0 Å². The molecule has 4 N–H and O–H groups in total. The van der Waals surface area contributed by atoms with E-state index in [-0.39, 0.29) is 19.2 Å². The van der Waals surface area contributed by atoms with Gasteiger partial charge in [-0.25, -0.2) is 0 Å². The molecule has 9 heteroatoms. The van der Waals surface area contributed by atoms with E-state index in [0.29, 0.717) is 13.0 Å². The Bertz CT molecular complexity index is 702. The summed E-state index contributed by atoms with van der Waals surface area (Å²) in [6, 6.07) is 0. The molecule has 0 bridgehead atoms. The number of ether oxygens (including phenoxy) is 4. The maximum atomic E-state index is 12.6. The van der Waals surface area contributed by atoms with Gasteiger partial charge in [-0.05, 0) is 32.1 Å². The lowest BCUT2D eigenvalue weighted by atomic mass is 9.99. The van der Waals surface area contributed by atoms with Crippen molar-refractivity contribution >= 4 is 5.97 Å². The van der Waals surface area contributed by atoms with E-state index in [4.69, 9.17) is 18.9 Å². The van der Waals surface area contributed by atoms with E-state index in [1.165, 1.54) is 77.0 Å². The van der Waals surface area contributed by atoms with Gasteiger partial charge in [0.05, 0.1) is 19.8 Å². The minimum Gasteiger partial charge on any atom is -0.457 e. The van der Waals surface area contributed by atoms with E-state index in [1.54, 1.807) is 0 Å². The Morgan fingerprint density at radius 1 is 0.689 bits per heavy atom. The molecule has 1 aliphatic heterocycles. The zero-order chi connectivity index (χ0) is 33.0. The summed E-state index contributed by atoms with van der Waals surface area (Å²) >= 11 is 0. The molecular formula is C36H68O9. The van der Waals surface area contributed by atoms with Gasteiger partial charge in [0.25, 0.3) is 0 Å². The van der Waals surface area contributed by atoms with Gasteiger partial charge in [0.15, 0.2) is 6.29 Å². The van der Waals surface area contributed by atoms with Gasteiger partial charge in [-0.3, -0.25) is 4.79 Å². The maximum absolute atomic E-state index is 12.6. The first-order valence-corrected chi connectivity index (χ1v) is 18.3. The molecule has 1 rings (SSSR count). The largest absolute Gasteiger partial charge is 0.457 e. The second-order valence-corrected chi connectivity index (χ2v) is 12.7. The Morgan fingerprint density at radius 3 is 1.89 bits per heavy atom. The molecule has 6 unspecified atom stereocenters. The van der Waals surface area contributed by atoms with Crippen LogP contribution in [-0.2, 0) is 23.7 Å². The molecule has 1 saturated heterocycles. The number of aliphatic hydroxyl groups is 4. The number of carbonyl (C=O) groups is 1. The maximum Gasteiger partial charge on any atom is 0.306 e. The predicted molar refractivity (Wildman–Crippen MR) is 178 cm³/mol. The number of aliphatic hydroxyl groups excluding tert-OH is 4. The highest BCUT2D eigenvalue weighted by atomic mass is 16.7. The SMILES string of the molecule is CCC/C=C\CCCCCCCC(=O)OC(COCCCCCCCCCCCCCC)COC1OC(CO)C(O)C(O)C1O. The smallest absolute Gasteiger partial charge is 0.306 e. The monoisotopic (exact) mass is 644 g/mol. The van der Waals surface area contributed by atoms with E-state index < -0.39 is 43.4 Å². The lowest BCUT2D eigenvalue weighted by Gasteiger charge is -2.39. The van der Waals surface area contributed by atoms with E-state index in [9.17, 15) is 25.2 Å². The molecule has 1 aliphatic rings. The van der Waals surface area contributed by atoms with Gasteiger partial charge in [0.1, 0.15) is 30.5 Å². The molecule has 0 aromatic heterocycles. The summed E-state index contributed by atoms with van der Waals surface area (Å²) in [5.74, 6) is -0.325. The minimum absolute atomic E-state index is 0.113. The van der Waals surface area contributed by atoms with Crippen molar-refractivity contribution in [2.75, 3.05) is 26.4 Å². The van der Waals surface area contributed by atoms with Gasteiger partial charge in [0, 0.05) is 13.0 Å². The summed E-state index contributed by atoms with van der Waals surface area (Å²) in [6.45, 7) is 4.48. The van der Waals surface area contributed by atoms with E-state index >= 15 is 0 Å². The third kappa shape index (κ3) is 21.4. The quantitative estimate of drug-likeness (QED) is 0.0392. The molecule has 0 aromatic carbocycles. The number of hydrogen-bond donors (Lipinski definition) is 4. The summed E-state index contributed by atoms with van der Waals surface area (Å²) in [5.41, 5.74) is 0. The molecule has 0 spiro atoms. The average Bonchev–Trinajstić information content (AvgIpc) is 3.04. The molecule has 0 aromatic rings. The summed E-state index contributed by atoms with van der Waals surface area (Å²) < 4.78 is 22.6. The zero-order valence-corrected chi connectivity index (χ0v) is 28.6. The van der Waals surface area contributed by atoms with Gasteiger partial charge in [-0.1, -0.05) is 122 Å². The van der Waals surface area contributed by atoms with Gasteiger partial charge in [-0.15, -0.1) is 0 Å². The highest BCUT2D eigenvalue weighted by Gasteiger charge is 2.44. The number of carbonyl (C=O) groups excluding carboxylic acids is 1. The Hall–Kier alpha value is -1.07. The van der Waals surface area contributed by atoms with Crippen molar-refractivity contribution in [2.45, 2.75) is 185 Å². The molecular weight excluding hydrogens is 576 g/mol. The summed E-state index contributed by atoms with van der Waals surface area (Å²) in [7, 11) is 0. The normalized spacial score (nSPS) is 22.7. The molecule has 0 saturated carbocycles. The van der Waals surface area contributed by atoms with Crippen LogP contribution in [0.4, 0.5) is 0 Å². The molecule has 6 atom stereocenters. The van der Waals surface area contributed by atoms with E-state index in [2.05, 4.69) is 26.0 Å². The van der Waals surface area contributed by atoms with Crippen molar-refractivity contribution < 1.29 is 44.2 Å².